The lowest BCUT2D eigenvalue weighted by Crippen LogP contribution is -2.19. The minimum Gasteiger partial charge on any atom is -0.394 e. The molecule has 0 aliphatic rings. The van der Waals surface area contributed by atoms with Gasteiger partial charge in [0.05, 0.1) is 64.4 Å². The standard InChI is InChI=1S/C10H22O10S2/c11-1-2-17-3-4-18-8-10-22(15,16)20-6-5-19-7-9-21(12,13)14/h11H,1-10H2,(H,12,13,14). The maximum Gasteiger partial charge on any atom is 0.269 e. The molecular weight excluding hydrogens is 344 g/mol. The van der Waals surface area contributed by atoms with Gasteiger partial charge in [-0.15, -0.1) is 0 Å². The van der Waals surface area contributed by atoms with E-state index in [0.29, 0.717) is 0 Å². The summed E-state index contributed by atoms with van der Waals surface area (Å²) in [7, 11) is -7.84. The van der Waals surface area contributed by atoms with Crippen LogP contribution in [0.2, 0.25) is 0 Å². The molecule has 0 spiro atoms. The van der Waals surface area contributed by atoms with Gasteiger partial charge >= 0.3 is 0 Å². The normalized spacial score (nSPS) is 12.6. The third-order valence-electron chi connectivity index (χ3n) is 2.06. The third-order valence-corrected chi connectivity index (χ3v) is 3.94. The van der Waals surface area contributed by atoms with Crippen molar-refractivity contribution in [3.8, 4) is 0 Å². The molecule has 0 rings (SSSR count). The summed E-state index contributed by atoms with van der Waals surface area (Å²) in [5, 5.41) is 8.44. The van der Waals surface area contributed by atoms with Gasteiger partial charge in [0, 0.05) is 0 Å². The molecule has 134 valence electrons. The van der Waals surface area contributed by atoms with E-state index in [1.807, 2.05) is 0 Å². The monoisotopic (exact) mass is 366 g/mol. The van der Waals surface area contributed by atoms with E-state index in [1.165, 1.54) is 0 Å². The highest BCUT2D eigenvalue weighted by molar-refractivity contribution is 7.86. The molecule has 0 saturated carbocycles. The van der Waals surface area contributed by atoms with Gasteiger partial charge in [0.15, 0.2) is 0 Å². The molecule has 0 amide bonds. The fourth-order valence-electron chi connectivity index (χ4n) is 1.09. The van der Waals surface area contributed by atoms with Gasteiger partial charge in [-0.25, -0.2) is 0 Å². The maximum atomic E-state index is 11.4. The Kier molecular flexibility index (Phi) is 11.9. The predicted octanol–water partition coefficient (Wildman–Crippen LogP) is -1.74. The first-order valence-corrected chi connectivity index (χ1v) is 9.62. The van der Waals surface area contributed by atoms with E-state index >= 15 is 0 Å². The lowest BCUT2D eigenvalue weighted by Gasteiger charge is -2.07. The molecule has 0 aromatic carbocycles. The van der Waals surface area contributed by atoms with Crippen molar-refractivity contribution in [3.05, 3.63) is 0 Å². The third kappa shape index (κ3) is 16.0. The highest BCUT2D eigenvalue weighted by Crippen LogP contribution is 1.94. The molecule has 0 fully saturated rings. The van der Waals surface area contributed by atoms with Crippen LogP contribution >= 0.6 is 0 Å². The number of aliphatic hydroxyl groups is 1. The van der Waals surface area contributed by atoms with Crippen molar-refractivity contribution in [2.45, 2.75) is 0 Å². The minimum absolute atomic E-state index is 0.0611. The Hall–Kier alpha value is -0.340. The van der Waals surface area contributed by atoms with E-state index in [0.717, 1.165) is 0 Å². The van der Waals surface area contributed by atoms with Crippen LogP contribution in [0.15, 0.2) is 0 Å². The topological polar surface area (TPSA) is 146 Å². The molecule has 0 radical (unpaired) electrons. The molecule has 22 heavy (non-hydrogen) atoms. The molecule has 10 nitrogen and oxygen atoms in total. The molecule has 0 bridgehead atoms. The Labute approximate surface area is 130 Å². The van der Waals surface area contributed by atoms with Gasteiger partial charge in [0.1, 0.15) is 0 Å². The molecular formula is C10H22O10S2. The second kappa shape index (κ2) is 12.1. The van der Waals surface area contributed by atoms with Crippen molar-refractivity contribution in [1.82, 2.24) is 0 Å². The first-order valence-electron chi connectivity index (χ1n) is 6.43. The first kappa shape index (κ1) is 21.7. The first-order chi connectivity index (χ1) is 10.3. The summed E-state index contributed by atoms with van der Waals surface area (Å²) in [5.41, 5.74) is 0. The van der Waals surface area contributed by atoms with Crippen molar-refractivity contribution in [3.63, 3.8) is 0 Å². The largest absolute Gasteiger partial charge is 0.394 e. The summed E-state index contributed by atoms with van der Waals surface area (Å²) in [6, 6.07) is 0. The van der Waals surface area contributed by atoms with Crippen LogP contribution in [0.5, 0.6) is 0 Å². The van der Waals surface area contributed by atoms with Crippen molar-refractivity contribution in [1.29, 1.82) is 0 Å². The van der Waals surface area contributed by atoms with Crippen LogP contribution in [-0.4, -0.2) is 90.9 Å². The van der Waals surface area contributed by atoms with Gasteiger partial charge in [-0.1, -0.05) is 0 Å². The Balaban J connectivity index is 3.53. The van der Waals surface area contributed by atoms with Gasteiger partial charge < -0.3 is 19.3 Å². The molecule has 0 unspecified atom stereocenters. The molecule has 0 aliphatic heterocycles. The van der Waals surface area contributed by atoms with Crippen LogP contribution in [0.4, 0.5) is 0 Å². The lowest BCUT2D eigenvalue weighted by atomic mass is 10.7. The fraction of sp³-hybridized carbons (Fsp3) is 1.00. The maximum absolute atomic E-state index is 11.4. The molecule has 0 saturated heterocycles. The lowest BCUT2D eigenvalue weighted by molar-refractivity contribution is 0.0370. The summed E-state index contributed by atoms with van der Waals surface area (Å²) in [6.07, 6.45) is 0. The Bertz CT molecular complexity index is 458. The zero-order chi connectivity index (χ0) is 16.9. The van der Waals surface area contributed by atoms with Crippen molar-refractivity contribution in [2.24, 2.45) is 0 Å². The number of rotatable bonds is 15. The zero-order valence-electron chi connectivity index (χ0n) is 12.0. The minimum atomic E-state index is -4.09. The average Bonchev–Trinajstić information content (AvgIpc) is 2.40. The molecule has 0 heterocycles. The second-order valence-electron chi connectivity index (χ2n) is 3.93. The summed E-state index contributed by atoms with van der Waals surface area (Å²) in [6.45, 7) is -0.125. The molecule has 12 heteroatoms. The average molecular weight is 366 g/mol. The number of ether oxygens (including phenoxy) is 3. The van der Waals surface area contributed by atoms with E-state index in [4.69, 9.17) is 23.9 Å². The van der Waals surface area contributed by atoms with E-state index in [2.05, 4.69) is 4.18 Å². The molecule has 0 aromatic heterocycles. The Morgan fingerprint density at radius 2 is 1.18 bits per heavy atom. The summed E-state index contributed by atoms with van der Waals surface area (Å²) in [5.74, 6) is -0.899. The SMILES string of the molecule is O=S(=O)(O)CCOCCOS(=O)(=O)CCOCCOCCO. The van der Waals surface area contributed by atoms with Gasteiger partial charge in [-0.2, -0.15) is 16.8 Å². The van der Waals surface area contributed by atoms with E-state index in [-0.39, 0.29) is 58.6 Å². The Morgan fingerprint density at radius 1 is 0.682 bits per heavy atom. The van der Waals surface area contributed by atoms with Crippen molar-refractivity contribution < 1.29 is 44.9 Å². The van der Waals surface area contributed by atoms with Gasteiger partial charge in [0.25, 0.3) is 20.2 Å². The quantitative estimate of drug-likeness (QED) is 0.194. The second-order valence-corrected chi connectivity index (χ2v) is 7.26. The zero-order valence-corrected chi connectivity index (χ0v) is 13.7. The molecule has 2 N–H and O–H groups in total. The Morgan fingerprint density at radius 3 is 1.73 bits per heavy atom. The highest BCUT2D eigenvalue weighted by atomic mass is 32.2. The highest BCUT2D eigenvalue weighted by Gasteiger charge is 2.11. The van der Waals surface area contributed by atoms with Crippen LogP contribution in [0, 0.1) is 0 Å². The smallest absolute Gasteiger partial charge is 0.269 e. The van der Waals surface area contributed by atoms with Gasteiger partial charge in [-0.05, 0) is 0 Å². The van der Waals surface area contributed by atoms with Crippen LogP contribution in [-0.2, 0) is 38.6 Å². The van der Waals surface area contributed by atoms with E-state index in [1.54, 1.807) is 0 Å². The number of aliphatic hydroxyl groups excluding tert-OH is 1. The van der Waals surface area contributed by atoms with Crippen LogP contribution < -0.4 is 0 Å². The van der Waals surface area contributed by atoms with Gasteiger partial charge in [0.2, 0.25) is 0 Å². The number of hydrogen-bond acceptors (Lipinski definition) is 9. The van der Waals surface area contributed by atoms with Crippen molar-refractivity contribution in [2.75, 3.05) is 64.4 Å². The number of hydrogen-bond donors (Lipinski definition) is 2. The molecule has 0 atom stereocenters. The summed E-state index contributed by atoms with van der Waals surface area (Å²) < 4.78 is 71.3. The summed E-state index contributed by atoms with van der Waals surface area (Å²) in [4.78, 5) is 0. The predicted molar refractivity (Wildman–Crippen MR) is 75.7 cm³/mol. The van der Waals surface area contributed by atoms with E-state index < -0.39 is 26.0 Å². The van der Waals surface area contributed by atoms with Crippen molar-refractivity contribution >= 4 is 20.2 Å². The molecule has 0 aromatic rings. The van der Waals surface area contributed by atoms with Crippen LogP contribution in [0.3, 0.4) is 0 Å². The summed E-state index contributed by atoms with van der Waals surface area (Å²) >= 11 is 0. The van der Waals surface area contributed by atoms with E-state index in [9.17, 15) is 16.8 Å². The fourth-order valence-corrected chi connectivity index (χ4v) is 2.18. The van der Waals surface area contributed by atoms with Gasteiger partial charge in [-0.3, -0.25) is 8.74 Å². The molecule has 0 aliphatic carbocycles. The van der Waals surface area contributed by atoms with Crippen LogP contribution in [0.1, 0.15) is 0 Å². The van der Waals surface area contributed by atoms with Crippen LogP contribution in [0.25, 0.3) is 0 Å².